The van der Waals surface area contributed by atoms with Crippen LogP contribution in [-0.4, -0.2) is 21.0 Å². The highest BCUT2D eigenvalue weighted by molar-refractivity contribution is 6.04. The van der Waals surface area contributed by atoms with Crippen LogP contribution in [-0.2, 0) is 0 Å². The second-order valence-corrected chi connectivity index (χ2v) is 3.89. The van der Waals surface area contributed by atoms with Gasteiger partial charge in [0.15, 0.2) is 5.82 Å². The normalized spacial score (nSPS) is 10.4. The molecule has 0 saturated heterocycles. The largest absolute Gasteiger partial charge is 0.360 e. The molecule has 0 saturated carbocycles. The molecule has 0 aliphatic heterocycles. The molecule has 18 heavy (non-hydrogen) atoms. The number of nitrogens with zero attached hydrogens (tertiary/aromatic N) is 2. The van der Waals surface area contributed by atoms with E-state index >= 15 is 0 Å². The number of carbonyl (C=O) groups excluding carboxylic acids is 1. The molecule has 2 heterocycles. The van der Waals surface area contributed by atoms with Crippen molar-refractivity contribution in [1.82, 2.24) is 15.1 Å². The highest BCUT2D eigenvalue weighted by atomic mass is 16.5. The van der Waals surface area contributed by atoms with Gasteiger partial charge in [0.25, 0.3) is 11.5 Å². The Morgan fingerprint density at radius 2 is 2.11 bits per heavy atom. The van der Waals surface area contributed by atoms with Crippen molar-refractivity contribution < 1.29 is 9.32 Å². The molecule has 2 N–H and O–H groups in total. The fourth-order valence-electron chi connectivity index (χ4n) is 1.60. The molecule has 0 atom stereocenters. The zero-order chi connectivity index (χ0) is 13.3. The molecule has 2 rings (SSSR count). The summed E-state index contributed by atoms with van der Waals surface area (Å²) in [5.74, 6) is 0.732. The predicted molar refractivity (Wildman–Crippen MR) is 63.5 cm³/mol. The van der Waals surface area contributed by atoms with Gasteiger partial charge in [0.05, 0.1) is 5.69 Å². The van der Waals surface area contributed by atoms with Crippen LogP contribution in [0.5, 0.6) is 0 Å². The Hall–Kier alpha value is -2.44. The highest BCUT2D eigenvalue weighted by Gasteiger charge is 2.16. The number of rotatable bonds is 2. The van der Waals surface area contributed by atoms with Crippen molar-refractivity contribution in [2.24, 2.45) is 0 Å². The molecule has 2 aromatic heterocycles. The summed E-state index contributed by atoms with van der Waals surface area (Å²) >= 11 is 0. The van der Waals surface area contributed by atoms with Crippen molar-refractivity contribution in [2.45, 2.75) is 20.8 Å². The number of aromatic nitrogens is 3. The molecule has 0 fully saturated rings. The third kappa shape index (κ3) is 2.29. The Morgan fingerprint density at radius 1 is 1.39 bits per heavy atom. The van der Waals surface area contributed by atoms with Gasteiger partial charge in [-0.15, -0.1) is 0 Å². The maximum Gasteiger partial charge on any atom is 0.264 e. The van der Waals surface area contributed by atoms with Crippen molar-refractivity contribution in [3.63, 3.8) is 0 Å². The maximum absolute atomic E-state index is 11.9. The number of hydrogen-bond donors (Lipinski definition) is 2. The lowest BCUT2D eigenvalue weighted by atomic mass is 10.2. The van der Waals surface area contributed by atoms with Gasteiger partial charge in [0, 0.05) is 6.07 Å². The van der Waals surface area contributed by atoms with Gasteiger partial charge in [-0.1, -0.05) is 5.16 Å². The summed E-state index contributed by atoms with van der Waals surface area (Å²) in [4.78, 5) is 30.1. The lowest BCUT2D eigenvalue weighted by Gasteiger charge is -2.04. The van der Waals surface area contributed by atoms with Gasteiger partial charge < -0.3 is 14.8 Å². The Balaban J connectivity index is 2.32. The lowest BCUT2D eigenvalue weighted by Crippen LogP contribution is -2.26. The van der Waals surface area contributed by atoms with E-state index in [1.165, 1.54) is 0 Å². The minimum Gasteiger partial charge on any atom is -0.360 e. The molecule has 0 aliphatic carbocycles. The summed E-state index contributed by atoms with van der Waals surface area (Å²) in [7, 11) is 0. The molecule has 7 heteroatoms. The minimum absolute atomic E-state index is 0.0266. The molecular weight excluding hydrogens is 236 g/mol. The van der Waals surface area contributed by atoms with Gasteiger partial charge in [-0.2, -0.15) is 0 Å². The molecule has 0 bridgehead atoms. The van der Waals surface area contributed by atoms with Crippen LogP contribution in [0.3, 0.4) is 0 Å². The van der Waals surface area contributed by atoms with Gasteiger partial charge in [-0.3, -0.25) is 9.59 Å². The Kier molecular flexibility index (Phi) is 2.97. The summed E-state index contributed by atoms with van der Waals surface area (Å²) in [6.07, 6.45) is 0. The van der Waals surface area contributed by atoms with Crippen molar-refractivity contribution in [3.8, 4) is 0 Å². The second-order valence-electron chi connectivity index (χ2n) is 3.89. The van der Waals surface area contributed by atoms with Crippen LogP contribution < -0.4 is 10.9 Å². The van der Waals surface area contributed by atoms with E-state index in [9.17, 15) is 9.59 Å². The average molecular weight is 248 g/mol. The van der Waals surface area contributed by atoms with E-state index in [0.29, 0.717) is 17.3 Å². The number of hydrogen-bond acceptors (Lipinski definition) is 5. The quantitative estimate of drug-likeness (QED) is 0.823. The van der Waals surface area contributed by atoms with E-state index in [-0.39, 0.29) is 11.4 Å². The van der Waals surface area contributed by atoms with Gasteiger partial charge >= 0.3 is 0 Å². The van der Waals surface area contributed by atoms with Crippen molar-refractivity contribution in [3.05, 3.63) is 39.3 Å². The topological polar surface area (TPSA) is 101 Å². The summed E-state index contributed by atoms with van der Waals surface area (Å²) in [5, 5.41) is 6.09. The third-order valence-corrected chi connectivity index (χ3v) is 2.32. The van der Waals surface area contributed by atoms with Crippen molar-refractivity contribution in [1.29, 1.82) is 0 Å². The van der Waals surface area contributed by atoms with E-state index in [1.54, 1.807) is 26.8 Å². The highest BCUT2D eigenvalue weighted by Crippen LogP contribution is 2.09. The number of aromatic amines is 1. The molecule has 94 valence electrons. The minimum atomic E-state index is -0.561. The first-order valence-electron chi connectivity index (χ1n) is 5.29. The van der Waals surface area contributed by atoms with Crippen LogP contribution in [0.25, 0.3) is 0 Å². The number of carbonyl (C=O) groups is 1. The molecular formula is C11H12N4O3. The van der Waals surface area contributed by atoms with Gasteiger partial charge in [0.1, 0.15) is 17.1 Å². The zero-order valence-corrected chi connectivity index (χ0v) is 10.2. The van der Waals surface area contributed by atoms with Gasteiger partial charge in [-0.05, 0) is 20.8 Å². The molecule has 0 aliphatic rings. The number of H-pyrrole nitrogens is 1. The molecule has 0 spiro atoms. The summed E-state index contributed by atoms with van der Waals surface area (Å²) in [5.41, 5.74) is -0.132. The zero-order valence-electron chi connectivity index (χ0n) is 10.2. The predicted octanol–water partition coefficient (Wildman–Crippen LogP) is 0.935. The lowest BCUT2D eigenvalue weighted by molar-refractivity contribution is 0.102. The molecule has 2 aromatic rings. The molecule has 0 radical (unpaired) electrons. The second kappa shape index (κ2) is 4.44. The number of anilines is 1. The molecule has 0 aromatic carbocycles. The van der Waals surface area contributed by atoms with E-state index in [2.05, 4.69) is 20.4 Å². The average Bonchev–Trinajstić information content (AvgIpc) is 2.62. The van der Waals surface area contributed by atoms with E-state index < -0.39 is 11.5 Å². The monoisotopic (exact) mass is 248 g/mol. The SMILES string of the molecule is Cc1nc(C)c(C(=O)Nc2cc(C)on2)c(=O)[nH]1. The molecule has 0 unspecified atom stereocenters. The molecule has 7 nitrogen and oxygen atoms in total. The fraction of sp³-hybridized carbons (Fsp3) is 0.273. The third-order valence-electron chi connectivity index (χ3n) is 2.32. The van der Waals surface area contributed by atoms with Crippen LogP contribution in [0.2, 0.25) is 0 Å². The first-order chi connectivity index (χ1) is 8.47. The van der Waals surface area contributed by atoms with Crippen molar-refractivity contribution in [2.75, 3.05) is 5.32 Å². The summed E-state index contributed by atoms with van der Waals surface area (Å²) in [6, 6.07) is 1.56. The van der Waals surface area contributed by atoms with Crippen molar-refractivity contribution >= 4 is 11.7 Å². The van der Waals surface area contributed by atoms with E-state index in [0.717, 1.165) is 0 Å². The van der Waals surface area contributed by atoms with Crippen LogP contribution in [0.1, 0.15) is 27.6 Å². The van der Waals surface area contributed by atoms with Crippen LogP contribution >= 0.6 is 0 Å². The Morgan fingerprint density at radius 3 is 2.67 bits per heavy atom. The smallest absolute Gasteiger partial charge is 0.264 e. The summed E-state index contributed by atoms with van der Waals surface area (Å²) < 4.78 is 4.81. The van der Waals surface area contributed by atoms with Crippen LogP contribution in [0.4, 0.5) is 5.82 Å². The Labute approximate surface area is 102 Å². The number of nitrogens with one attached hydrogen (secondary N) is 2. The van der Waals surface area contributed by atoms with E-state index in [1.807, 2.05) is 0 Å². The first kappa shape index (κ1) is 12.0. The summed E-state index contributed by atoms with van der Waals surface area (Å²) in [6.45, 7) is 4.95. The number of aryl methyl sites for hydroxylation is 3. The fourth-order valence-corrected chi connectivity index (χ4v) is 1.60. The molecule has 1 amide bonds. The Bertz CT molecular complexity index is 657. The van der Waals surface area contributed by atoms with Crippen LogP contribution in [0.15, 0.2) is 15.4 Å². The first-order valence-corrected chi connectivity index (χ1v) is 5.29. The number of amides is 1. The van der Waals surface area contributed by atoms with E-state index in [4.69, 9.17) is 4.52 Å². The van der Waals surface area contributed by atoms with Gasteiger partial charge in [-0.25, -0.2) is 4.98 Å². The standard InChI is InChI=1S/C11H12N4O3/c1-5-4-8(15-18-5)14-11(17)9-6(2)12-7(3)13-10(9)16/h4H,1-3H3,(H,12,13,16)(H,14,15,17). The maximum atomic E-state index is 11.9. The van der Waals surface area contributed by atoms with Crippen LogP contribution in [0, 0.1) is 20.8 Å². The van der Waals surface area contributed by atoms with Gasteiger partial charge in [0.2, 0.25) is 0 Å².